The van der Waals surface area contributed by atoms with Crippen LogP contribution in [0.3, 0.4) is 0 Å². The van der Waals surface area contributed by atoms with Crippen LogP contribution >= 0.6 is 23.1 Å². The van der Waals surface area contributed by atoms with Crippen LogP contribution in [0.2, 0.25) is 0 Å². The molecule has 1 aliphatic heterocycles. The molecule has 2 unspecified atom stereocenters. The number of likely N-dealkylation sites (tertiary alicyclic amines) is 1. The predicted molar refractivity (Wildman–Crippen MR) is 139 cm³/mol. The van der Waals surface area contributed by atoms with Gasteiger partial charge in [0.2, 0.25) is 5.91 Å². The molecule has 3 heterocycles. The van der Waals surface area contributed by atoms with E-state index in [1.807, 2.05) is 36.1 Å². The van der Waals surface area contributed by atoms with Gasteiger partial charge < -0.3 is 9.64 Å². The number of piperidine rings is 1. The van der Waals surface area contributed by atoms with E-state index in [0.29, 0.717) is 11.8 Å². The number of rotatable bonds is 6. The highest BCUT2D eigenvalue weighted by molar-refractivity contribution is 7.99. The first-order chi connectivity index (χ1) is 16.5. The van der Waals surface area contributed by atoms with E-state index in [9.17, 15) is 9.59 Å². The molecule has 1 amide bonds. The Morgan fingerprint density at radius 3 is 2.59 bits per heavy atom. The molecule has 2 aliphatic rings. The van der Waals surface area contributed by atoms with Crippen molar-refractivity contribution in [2.45, 2.75) is 76.5 Å². The quantitative estimate of drug-likeness (QED) is 0.345. The van der Waals surface area contributed by atoms with Crippen molar-refractivity contribution in [2.75, 3.05) is 12.4 Å². The predicted octanol–water partition coefficient (Wildman–Crippen LogP) is 5.22. The summed E-state index contributed by atoms with van der Waals surface area (Å²) in [5, 5.41) is 1.33. The van der Waals surface area contributed by atoms with Gasteiger partial charge in [-0.15, -0.1) is 11.3 Å². The number of aryl methyl sites for hydroxylation is 2. The molecule has 0 saturated carbocycles. The number of aromatic nitrogens is 2. The molecule has 34 heavy (non-hydrogen) atoms. The molecule has 1 aromatic carbocycles. The first-order valence-corrected chi connectivity index (χ1v) is 14.0. The molecule has 1 aliphatic carbocycles. The van der Waals surface area contributed by atoms with Gasteiger partial charge in [-0.2, -0.15) is 0 Å². The summed E-state index contributed by atoms with van der Waals surface area (Å²) >= 11 is 3.01. The van der Waals surface area contributed by atoms with Crippen molar-refractivity contribution in [3.8, 4) is 11.4 Å². The van der Waals surface area contributed by atoms with E-state index in [0.717, 1.165) is 60.2 Å². The van der Waals surface area contributed by atoms with Gasteiger partial charge in [0.05, 0.1) is 23.4 Å². The van der Waals surface area contributed by atoms with Crippen LogP contribution in [0.5, 0.6) is 5.75 Å². The van der Waals surface area contributed by atoms with Crippen LogP contribution in [0.15, 0.2) is 34.2 Å². The Morgan fingerprint density at radius 1 is 1.15 bits per heavy atom. The summed E-state index contributed by atoms with van der Waals surface area (Å²) in [6.07, 6.45) is 6.30. The van der Waals surface area contributed by atoms with Gasteiger partial charge in [0.25, 0.3) is 5.56 Å². The van der Waals surface area contributed by atoms with Crippen molar-refractivity contribution < 1.29 is 9.53 Å². The van der Waals surface area contributed by atoms with Gasteiger partial charge in [-0.1, -0.05) is 11.8 Å². The summed E-state index contributed by atoms with van der Waals surface area (Å²) in [7, 11) is 0. The van der Waals surface area contributed by atoms with E-state index >= 15 is 0 Å². The van der Waals surface area contributed by atoms with Crippen molar-refractivity contribution in [1.82, 2.24) is 14.5 Å². The Hall–Kier alpha value is -2.32. The second kappa shape index (κ2) is 9.74. The van der Waals surface area contributed by atoms with Crippen molar-refractivity contribution in [1.29, 1.82) is 0 Å². The summed E-state index contributed by atoms with van der Waals surface area (Å²) in [4.78, 5) is 36.1. The van der Waals surface area contributed by atoms with E-state index in [-0.39, 0.29) is 29.3 Å². The lowest BCUT2D eigenvalue weighted by Gasteiger charge is -2.39. The van der Waals surface area contributed by atoms with Gasteiger partial charge >= 0.3 is 0 Å². The number of nitrogens with zero attached hydrogens (tertiary/aromatic N) is 3. The van der Waals surface area contributed by atoms with Crippen LogP contribution < -0.4 is 10.3 Å². The number of thioether (sulfide) groups is 1. The first kappa shape index (κ1) is 23.4. The van der Waals surface area contributed by atoms with Gasteiger partial charge in [-0.3, -0.25) is 14.2 Å². The van der Waals surface area contributed by atoms with Crippen LogP contribution in [0, 0.1) is 0 Å². The van der Waals surface area contributed by atoms with Crippen LogP contribution in [0.25, 0.3) is 15.9 Å². The highest BCUT2D eigenvalue weighted by Gasteiger charge is 2.30. The standard InChI is InChI=1S/C26H31N3O3S2/c1-4-32-19-13-11-18(12-14-19)29-25(31)23-20-9-6-10-21(20)34-24(23)27-26(29)33-15-22(30)28-16(2)7-5-8-17(28)3/h11-14,16-17H,4-10,15H2,1-3H3. The minimum atomic E-state index is -0.0387. The van der Waals surface area contributed by atoms with Crippen molar-refractivity contribution in [3.63, 3.8) is 0 Å². The lowest BCUT2D eigenvalue weighted by atomic mass is 9.98. The van der Waals surface area contributed by atoms with E-state index < -0.39 is 0 Å². The Kier molecular flexibility index (Phi) is 6.71. The summed E-state index contributed by atoms with van der Waals surface area (Å²) in [6, 6.07) is 8.05. The summed E-state index contributed by atoms with van der Waals surface area (Å²) in [5.74, 6) is 1.16. The number of carbonyl (C=O) groups is 1. The van der Waals surface area contributed by atoms with Gasteiger partial charge in [-0.25, -0.2) is 4.98 Å². The number of amides is 1. The van der Waals surface area contributed by atoms with E-state index in [2.05, 4.69) is 13.8 Å². The molecule has 180 valence electrons. The molecule has 0 spiro atoms. The molecular formula is C26H31N3O3S2. The second-order valence-corrected chi connectivity index (χ2v) is 11.2. The third-order valence-corrected chi connectivity index (χ3v) is 9.03. The fraction of sp³-hybridized carbons (Fsp3) is 0.500. The maximum absolute atomic E-state index is 13.8. The maximum Gasteiger partial charge on any atom is 0.267 e. The fourth-order valence-corrected chi connectivity index (χ4v) is 7.51. The van der Waals surface area contributed by atoms with Gasteiger partial charge in [0.15, 0.2) is 5.16 Å². The van der Waals surface area contributed by atoms with Crippen molar-refractivity contribution in [3.05, 3.63) is 45.1 Å². The zero-order valence-corrected chi connectivity index (χ0v) is 21.6. The number of hydrogen-bond donors (Lipinski definition) is 0. The molecule has 5 rings (SSSR count). The molecule has 6 nitrogen and oxygen atoms in total. The number of benzene rings is 1. The average molecular weight is 498 g/mol. The number of ether oxygens (including phenoxy) is 1. The molecule has 8 heteroatoms. The highest BCUT2D eigenvalue weighted by atomic mass is 32.2. The smallest absolute Gasteiger partial charge is 0.267 e. The molecule has 2 aromatic heterocycles. The van der Waals surface area contributed by atoms with E-state index in [1.54, 1.807) is 15.9 Å². The highest BCUT2D eigenvalue weighted by Crippen LogP contribution is 2.36. The minimum absolute atomic E-state index is 0.0387. The van der Waals surface area contributed by atoms with Crippen LogP contribution in [-0.2, 0) is 17.6 Å². The maximum atomic E-state index is 13.8. The Labute approximate surface area is 208 Å². The minimum Gasteiger partial charge on any atom is -0.494 e. The third kappa shape index (κ3) is 4.26. The van der Waals surface area contributed by atoms with Crippen LogP contribution in [-0.4, -0.2) is 44.8 Å². The summed E-state index contributed by atoms with van der Waals surface area (Å²) in [5.41, 5.74) is 1.87. The van der Waals surface area contributed by atoms with Crippen molar-refractivity contribution >= 4 is 39.2 Å². The zero-order chi connectivity index (χ0) is 23.8. The van der Waals surface area contributed by atoms with Crippen LogP contribution in [0.1, 0.15) is 56.9 Å². The SMILES string of the molecule is CCOc1ccc(-n2c(SCC(=O)N3C(C)CCCC3C)nc3sc4c(c3c2=O)CCC4)cc1. The van der Waals surface area contributed by atoms with Gasteiger partial charge in [0.1, 0.15) is 10.6 Å². The molecule has 3 aromatic rings. The monoisotopic (exact) mass is 497 g/mol. The number of carbonyl (C=O) groups excluding carboxylic acids is 1. The normalized spacial score (nSPS) is 20.0. The lowest BCUT2D eigenvalue weighted by molar-refractivity contribution is -0.134. The molecular weight excluding hydrogens is 466 g/mol. The van der Waals surface area contributed by atoms with Gasteiger partial charge in [-0.05, 0) is 89.1 Å². The molecule has 1 fully saturated rings. The van der Waals surface area contributed by atoms with Crippen molar-refractivity contribution in [2.24, 2.45) is 0 Å². The molecule has 2 atom stereocenters. The third-order valence-electron chi connectivity index (χ3n) is 6.92. The number of hydrogen-bond acceptors (Lipinski definition) is 6. The summed E-state index contributed by atoms with van der Waals surface area (Å²) in [6.45, 7) is 6.80. The second-order valence-electron chi connectivity index (χ2n) is 9.22. The summed E-state index contributed by atoms with van der Waals surface area (Å²) < 4.78 is 7.27. The Bertz CT molecular complexity index is 1260. The zero-order valence-electron chi connectivity index (χ0n) is 20.0. The fourth-order valence-electron chi connectivity index (χ4n) is 5.32. The molecule has 0 bridgehead atoms. The largest absolute Gasteiger partial charge is 0.494 e. The topological polar surface area (TPSA) is 64.4 Å². The lowest BCUT2D eigenvalue weighted by Crippen LogP contribution is -2.48. The Morgan fingerprint density at radius 2 is 1.88 bits per heavy atom. The van der Waals surface area contributed by atoms with Gasteiger partial charge in [0, 0.05) is 17.0 Å². The van der Waals surface area contributed by atoms with Crippen LogP contribution in [0.4, 0.5) is 0 Å². The molecule has 0 N–H and O–H groups in total. The number of fused-ring (bicyclic) bond motifs is 3. The first-order valence-electron chi connectivity index (χ1n) is 12.2. The van der Waals surface area contributed by atoms with E-state index in [4.69, 9.17) is 9.72 Å². The number of thiophene rings is 1. The molecule has 1 saturated heterocycles. The average Bonchev–Trinajstić information content (AvgIpc) is 3.40. The van der Waals surface area contributed by atoms with E-state index in [1.165, 1.54) is 22.2 Å². The molecule has 0 radical (unpaired) electrons. The Balaban J connectivity index is 1.53.